The summed E-state index contributed by atoms with van der Waals surface area (Å²) in [5.74, 6) is 0. The second-order valence-corrected chi connectivity index (χ2v) is 14.9. The van der Waals surface area contributed by atoms with Crippen LogP contribution in [0, 0.1) is 0 Å². The molecule has 0 amide bonds. The summed E-state index contributed by atoms with van der Waals surface area (Å²) in [6, 6.07) is 0. The molecule has 0 aromatic rings. The number of ether oxygens (including phenoxy) is 2. The van der Waals surface area contributed by atoms with Crippen LogP contribution in [0.25, 0.3) is 0 Å². The zero-order valence-corrected chi connectivity index (χ0v) is 32.4. The summed E-state index contributed by atoms with van der Waals surface area (Å²) in [4.78, 5) is 0. The van der Waals surface area contributed by atoms with E-state index in [9.17, 15) is 20.4 Å². The fourth-order valence-corrected chi connectivity index (χ4v) is 6.56. The maximum absolute atomic E-state index is 10.3. The number of hydrogen-bond acceptors (Lipinski definition) is 6. The second-order valence-electron chi connectivity index (χ2n) is 14.9. The predicted molar refractivity (Wildman–Crippen MR) is 205 cm³/mol. The largest absolute Gasteiger partial charge is 0.388 e. The van der Waals surface area contributed by atoms with Gasteiger partial charge >= 0.3 is 0 Å². The fraction of sp³-hybridized carbons (Fsp3) is 1.00. The third-order valence-corrected chi connectivity index (χ3v) is 10.0. The highest BCUT2D eigenvalue weighted by molar-refractivity contribution is 4.80. The summed E-state index contributed by atoms with van der Waals surface area (Å²) in [7, 11) is 0. The van der Waals surface area contributed by atoms with Crippen molar-refractivity contribution in [2.24, 2.45) is 0 Å². The molecule has 4 unspecified atom stereocenters. The van der Waals surface area contributed by atoms with Crippen LogP contribution in [-0.2, 0) is 9.47 Å². The number of rotatable bonds is 41. The van der Waals surface area contributed by atoms with Crippen LogP contribution >= 0.6 is 0 Å². The molecule has 0 rings (SSSR count). The van der Waals surface area contributed by atoms with Crippen LogP contribution in [-0.4, -0.2) is 71.3 Å². The van der Waals surface area contributed by atoms with Crippen LogP contribution in [0.4, 0.5) is 0 Å². The monoisotopic (exact) mass is 687 g/mol. The first-order chi connectivity index (χ1) is 23.5. The van der Waals surface area contributed by atoms with Crippen LogP contribution in [0.3, 0.4) is 0 Å². The zero-order valence-electron chi connectivity index (χ0n) is 32.4. The minimum absolute atomic E-state index is 0.0518. The topological polar surface area (TPSA) is 99.4 Å². The molecule has 0 heterocycles. The van der Waals surface area contributed by atoms with Gasteiger partial charge < -0.3 is 29.9 Å². The van der Waals surface area contributed by atoms with Crippen LogP contribution in [0.15, 0.2) is 0 Å². The lowest BCUT2D eigenvalue weighted by atomic mass is 10.0. The van der Waals surface area contributed by atoms with Gasteiger partial charge in [0.1, 0.15) is 24.4 Å². The molecule has 6 nitrogen and oxygen atoms in total. The third kappa shape index (κ3) is 34.2. The lowest BCUT2D eigenvalue weighted by Crippen LogP contribution is -2.47. The van der Waals surface area contributed by atoms with Gasteiger partial charge in [-0.15, -0.1) is 0 Å². The van der Waals surface area contributed by atoms with Gasteiger partial charge in [0.25, 0.3) is 0 Å². The standard InChI is InChI=1S/C42H86O6/c1-3-5-7-9-11-13-15-17-19-21-23-25-27-29-31-33-35-47-37-39(43)41(45)42(46)40(44)38-48-36-34-32-30-28-26-24-22-20-18-16-14-12-10-8-6-4-2/h39-46H,3-38H2,1-2H3. The molecule has 0 fully saturated rings. The molecule has 0 spiro atoms. The van der Waals surface area contributed by atoms with E-state index < -0.39 is 24.4 Å². The number of aliphatic hydroxyl groups excluding tert-OH is 4. The van der Waals surface area contributed by atoms with E-state index in [1.165, 1.54) is 180 Å². The first kappa shape index (κ1) is 47.8. The van der Waals surface area contributed by atoms with Crippen LogP contribution in [0.1, 0.15) is 219 Å². The van der Waals surface area contributed by atoms with E-state index in [-0.39, 0.29) is 13.2 Å². The highest BCUT2D eigenvalue weighted by Crippen LogP contribution is 2.16. The fourth-order valence-electron chi connectivity index (χ4n) is 6.56. The van der Waals surface area contributed by atoms with Gasteiger partial charge in [-0.05, 0) is 12.8 Å². The van der Waals surface area contributed by atoms with Gasteiger partial charge in [0.15, 0.2) is 0 Å². The van der Waals surface area contributed by atoms with Crippen molar-refractivity contribution in [3.05, 3.63) is 0 Å². The average Bonchev–Trinajstić information content (AvgIpc) is 3.09. The van der Waals surface area contributed by atoms with Crippen molar-refractivity contribution >= 4 is 0 Å². The van der Waals surface area contributed by atoms with E-state index in [0.717, 1.165) is 25.7 Å². The van der Waals surface area contributed by atoms with Crippen LogP contribution in [0.5, 0.6) is 0 Å². The molecule has 4 atom stereocenters. The van der Waals surface area contributed by atoms with Gasteiger partial charge in [-0.25, -0.2) is 0 Å². The Labute approximate surface area is 299 Å². The van der Waals surface area contributed by atoms with Crippen molar-refractivity contribution < 1.29 is 29.9 Å². The van der Waals surface area contributed by atoms with Crippen molar-refractivity contribution in [2.75, 3.05) is 26.4 Å². The lowest BCUT2D eigenvalue weighted by Gasteiger charge is -2.26. The minimum atomic E-state index is -1.47. The third-order valence-electron chi connectivity index (χ3n) is 10.0. The van der Waals surface area contributed by atoms with Crippen molar-refractivity contribution in [1.29, 1.82) is 0 Å². The molecule has 0 bridgehead atoms. The summed E-state index contributed by atoms with van der Waals surface area (Å²) < 4.78 is 11.1. The van der Waals surface area contributed by atoms with Crippen molar-refractivity contribution in [3.8, 4) is 0 Å². The van der Waals surface area contributed by atoms with Crippen molar-refractivity contribution in [2.45, 2.75) is 244 Å². The first-order valence-corrected chi connectivity index (χ1v) is 21.4. The number of hydrogen-bond donors (Lipinski definition) is 4. The Balaban J connectivity index is 3.47. The maximum atomic E-state index is 10.3. The van der Waals surface area contributed by atoms with Gasteiger partial charge in [0.2, 0.25) is 0 Å². The summed E-state index contributed by atoms with van der Waals surface area (Å²) in [5.41, 5.74) is 0. The van der Waals surface area contributed by atoms with E-state index in [0.29, 0.717) is 13.2 Å². The Morgan fingerprint density at radius 3 is 0.688 bits per heavy atom. The van der Waals surface area contributed by atoms with E-state index in [4.69, 9.17) is 9.47 Å². The Morgan fingerprint density at radius 2 is 0.479 bits per heavy atom. The molecule has 290 valence electrons. The Morgan fingerprint density at radius 1 is 0.292 bits per heavy atom. The van der Waals surface area contributed by atoms with Gasteiger partial charge in [-0.1, -0.05) is 206 Å². The van der Waals surface area contributed by atoms with E-state index >= 15 is 0 Å². The molecular weight excluding hydrogens is 600 g/mol. The number of unbranched alkanes of at least 4 members (excludes halogenated alkanes) is 30. The normalized spacial score (nSPS) is 14.4. The van der Waals surface area contributed by atoms with E-state index in [1.54, 1.807) is 0 Å². The van der Waals surface area contributed by atoms with Gasteiger partial charge in [0.05, 0.1) is 13.2 Å². The maximum Gasteiger partial charge on any atom is 0.111 e. The minimum Gasteiger partial charge on any atom is -0.388 e. The number of aliphatic hydroxyl groups is 4. The molecule has 0 radical (unpaired) electrons. The average molecular weight is 687 g/mol. The summed E-state index contributed by atoms with van der Waals surface area (Å²) in [6.45, 7) is 5.51. The molecule has 0 aromatic carbocycles. The summed E-state index contributed by atoms with van der Waals surface area (Å²) >= 11 is 0. The van der Waals surface area contributed by atoms with E-state index in [1.807, 2.05) is 0 Å². The highest BCUT2D eigenvalue weighted by Gasteiger charge is 2.30. The molecule has 4 N–H and O–H groups in total. The molecular formula is C42H86O6. The molecule has 0 aliphatic carbocycles. The Bertz CT molecular complexity index is 540. The smallest absolute Gasteiger partial charge is 0.111 e. The molecule has 0 aromatic heterocycles. The van der Waals surface area contributed by atoms with E-state index in [2.05, 4.69) is 13.8 Å². The molecule has 0 saturated heterocycles. The second kappa shape index (κ2) is 39.5. The van der Waals surface area contributed by atoms with Gasteiger partial charge in [-0.2, -0.15) is 0 Å². The van der Waals surface area contributed by atoms with Crippen LogP contribution < -0.4 is 0 Å². The molecule has 0 aliphatic rings. The Kier molecular flexibility index (Phi) is 39.3. The molecule has 0 saturated carbocycles. The predicted octanol–water partition coefficient (Wildman–Crippen LogP) is 11.0. The van der Waals surface area contributed by atoms with Gasteiger partial charge in [-0.3, -0.25) is 0 Å². The summed E-state index contributed by atoms with van der Waals surface area (Å²) in [6.07, 6.45) is 36.8. The van der Waals surface area contributed by atoms with Crippen molar-refractivity contribution in [3.63, 3.8) is 0 Å². The quantitative estimate of drug-likeness (QED) is 0.0478. The molecule has 6 heteroatoms. The lowest BCUT2D eigenvalue weighted by molar-refractivity contribution is -0.134. The Hall–Kier alpha value is -0.240. The molecule has 48 heavy (non-hydrogen) atoms. The molecule has 0 aliphatic heterocycles. The van der Waals surface area contributed by atoms with Crippen LogP contribution in [0.2, 0.25) is 0 Å². The zero-order chi connectivity index (χ0) is 35.2. The summed E-state index contributed by atoms with van der Waals surface area (Å²) in [5, 5.41) is 40.9. The van der Waals surface area contributed by atoms with Gasteiger partial charge in [0, 0.05) is 13.2 Å². The van der Waals surface area contributed by atoms with Crippen molar-refractivity contribution in [1.82, 2.24) is 0 Å². The SMILES string of the molecule is CCCCCCCCCCCCCCCCCCOCC(O)C(O)C(O)C(O)COCCCCCCCCCCCCCCCCCC. The first-order valence-electron chi connectivity index (χ1n) is 21.4. The highest BCUT2D eigenvalue weighted by atomic mass is 16.5.